The number of nitrogens with zero attached hydrogens (tertiary/aromatic N) is 3. The Bertz CT molecular complexity index is 512. The summed E-state index contributed by atoms with van der Waals surface area (Å²) in [7, 11) is 0.0845. The number of hydrogen-bond acceptors (Lipinski definition) is 3. The molecule has 0 aliphatic carbocycles. The summed E-state index contributed by atoms with van der Waals surface area (Å²) >= 11 is 0. The number of nitrogens with one attached hydrogen (secondary N) is 1. The molecule has 1 unspecified atom stereocenters. The topological polar surface area (TPSA) is 85.7 Å². The van der Waals surface area contributed by atoms with Gasteiger partial charge in [0.05, 0.1) is 32.0 Å². The molecule has 0 aromatic carbocycles. The van der Waals surface area contributed by atoms with Gasteiger partial charge in [0.2, 0.25) is 0 Å². The molecule has 0 saturated carbocycles. The molecule has 2 rings (SSSR count). The Balaban J connectivity index is 2.21. The van der Waals surface area contributed by atoms with E-state index in [0.29, 0.717) is 18.3 Å². The maximum absolute atomic E-state index is 11.7. The highest BCUT2D eigenvalue weighted by Crippen LogP contribution is 2.16. The van der Waals surface area contributed by atoms with Crippen LogP contribution >= 0.6 is 0 Å². The summed E-state index contributed by atoms with van der Waals surface area (Å²) in [6, 6.07) is 0.295. The molecule has 2 atom stereocenters. The van der Waals surface area contributed by atoms with Gasteiger partial charge in [-0.2, -0.15) is 13.5 Å². The van der Waals surface area contributed by atoms with Crippen molar-refractivity contribution in [1.29, 1.82) is 0 Å². The lowest BCUT2D eigenvalue weighted by molar-refractivity contribution is -0.890. The molecule has 1 aliphatic heterocycles. The lowest BCUT2D eigenvalue weighted by atomic mass is 10.2. The van der Waals surface area contributed by atoms with Crippen molar-refractivity contribution in [2.45, 2.75) is 18.9 Å². The number of hydrogen-bond donors (Lipinski definition) is 2. The van der Waals surface area contributed by atoms with Gasteiger partial charge in [-0.1, -0.05) is 0 Å². The quantitative estimate of drug-likeness (QED) is 0.673. The van der Waals surface area contributed by atoms with Crippen LogP contribution in [0.1, 0.15) is 12.8 Å². The van der Waals surface area contributed by atoms with E-state index in [4.69, 9.17) is 5.14 Å². The number of aryl methyl sites for hydroxylation is 1. The van der Waals surface area contributed by atoms with Crippen LogP contribution in [0.2, 0.25) is 0 Å². The maximum atomic E-state index is 11.7. The van der Waals surface area contributed by atoms with Crippen LogP contribution in [0.15, 0.2) is 12.4 Å². The summed E-state index contributed by atoms with van der Waals surface area (Å²) < 4.78 is 26.2. The van der Waals surface area contributed by atoms with E-state index >= 15 is 0 Å². The minimum Gasteiger partial charge on any atom is -0.333 e. The number of quaternary nitrogens is 1. The predicted octanol–water partition coefficient (Wildman–Crippen LogP) is -1.89. The minimum absolute atomic E-state index is 0.295. The van der Waals surface area contributed by atoms with Crippen LogP contribution < -0.4 is 14.3 Å². The lowest BCUT2D eigenvalue weighted by Gasteiger charge is -2.25. The van der Waals surface area contributed by atoms with Crippen molar-refractivity contribution in [2.75, 3.05) is 24.4 Å². The van der Waals surface area contributed by atoms with Gasteiger partial charge in [0.1, 0.15) is 6.04 Å². The largest absolute Gasteiger partial charge is 0.333 e. The smallest absolute Gasteiger partial charge is 0.299 e. The van der Waals surface area contributed by atoms with E-state index < -0.39 is 10.2 Å². The molecule has 1 aromatic rings. The first-order chi connectivity index (χ1) is 8.38. The van der Waals surface area contributed by atoms with Crippen LogP contribution in [-0.4, -0.2) is 44.4 Å². The number of likely N-dealkylation sites (N-methyl/N-ethyl adjacent to an activating group) is 1. The highest BCUT2D eigenvalue weighted by molar-refractivity contribution is 7.90. The van der Waals surface area contributed by atoms with Crippen molar-refractivity contribution >= 4 is 15.9 Å². The molecule has 0 spiro atoms. The Morgan fingerprint density at radius 2 is 2.39 bits per heavy atom. The van der Waals surface area contributed by atoms with Crippen LogP contribution in [0.3, 0.4) is 0 Å². The number of aromatic nitrogens is 2. The van der Waals surface area contributed by atoms with E-state index in [9.17, 15) is 8.42 Å². The summed E-state index contributed by atoms with van der Waals surface area (Å²) in [6.07, 6.45) is 5.34. The Kier molecular flexibility index (Phi) is 3.60. The Hall–Kier alpha value is -1.12. The van der Waals surface area contributed by atoms with Crippen molar-refractivity contribution in [3.63, 3.8) is 0 Å². The first-order valence-electron chi connectivity index (χ1n) is 5.99. The molecule has 0 amide bonds. The molecule has 7 nitrogen and oxygen atoms in total. The van der Waals surface area contributed by atoms with Crippen molar-refractivity contribution in [2.24, 2.45) is 12.2 Å². The molecule has 8 heteroatoms. The minimum atomic E-state index is -3.75. The standard InChI is InChI=1S/C10H19N5O2S/c1-13-5-3-4-9(13)8-15(18(11,16)17)10-6-12-14(2)7-10/h6-7,9H,3-5,8H2,1-2H3,(H2,11,16,17)/p+1/t9-/m0/s1. The zero-order valence-electron chi connectivity index (χ0n) is 10.7. The molecular formula is C10H20N5O2S+. The highest BCUT2D eigenvalue weighted by atomic mass is 32.2. The fraction of sp³-hybridized carbons (Fsp3) is 0.700. The van der Waals surface area contributed by atoms with Gasteiger partial charge < -0.3 is 4.90 Å². The molecule has 3 N–H and O–H groups in total. The normalized spacial score (nSPS) is 24.4. The van der Waals surface area contributed by atoms with E-state index in [-0.39, 0.29) is 0 Å². The van der Waals surface area contributed by atoms with Crippen molar-refractivity contribution < 1.29 is 13.3 Å². The average molecular weight is 274 g/mol. The molecule has 0 bridgehead atoms. The third kappa shape index (κ3) is 2.82. The fourth-order valence-corrected chi connectivity index (χ4v) is 3.19. The molecule has 0 radical (unpaired) electrons. The Labute approximate surface area is 107 Å². The lowest BCUT2D eigenvalue weighted by Crippen LogP contribution is -3.11. The zero-order valence-corrected chi connectivity index (χ0v) is 11.5. The molecule has 1 saturated heterocycles. The second-order valence-corrected chi connectivity index (χ2v) is 6.35. The third-order valence-corrected chi connectivity index (χ3v) is 4.47. The van der Waals surface area contributed by atoms with Gasteiger partial charge in [0, 0.05) is 26.1 Å². The Morgan fingerprint density at radius 1 is 1.67 bits per heavy atom. The zero-order chi connectivity index (χ0) is 13.3. The number of nitrogens with two attached hydrogens (primary N) is 1. The van der Waals surface area contributed by atoms with Gasteiger partial charge in [-0.05, 0) is 0 Å². The van der Waals surface area contributed by atoms with Gasteiger partial charge in [0.15, 0.2) is 0 Å². The first kappa shape index (κ1) is 13.3. The van der Waals surface area contributed by atoms with Crippen LogP contribution in [0.5, 0.6) is 0 Å². The number of rotatable bonds is 4. The number of anilines is 1. The maximum Gasteiger partial charge on any atom is 0.299 e. The van der Waals surface area contributed by atoms with Crippen LogP contribution in [0, 0.1) is 0 Å². The molecule has 102 valence electrons. The fourth-order valence-electron chi connectivity index (χ4n) is 2.42. The third-order valence-electron chi connectivity index (χ3n) is 3.49. The van der Waals surface area contributed by atoms with E-state index in [1.54, 1.807) is 17.9 Å². The van der Waals surface area contributed by atoms with E-state index in [1.165, 1.54) is 15.4 Å². The van der Waals surface area contributed by atoms with E-state index in [1.807, 2.05) is 0 Å². The predicted molar refractivity (Wildman–Crippen MR) is 68.4 cm³/mol. The summed E-state index contributed by atoms with van der Waals surface area (Å²) in [5, 5.41) is 9.29. The van der Waals surface area contributed by atoms with Gasteiger partial charge in [0.25, 0.3) is 10.2 Å². The van der Waals surface area contributed by atoms with Gasteiger partial charge in [-0.15, -0.1) is 0 Å². The summed E-state index contributed by atoms with van der Waals surface area (Å²) in [6.45, 7) is 1.49. The van der Waals surface area contributed by atoms with Crippen LogP contribution in [0.4, 0.5) is 5.69 Å². The second-order valence-electron chi connectivity index (χ2n) is 4.88. The van der Waals surface area contributed by atoms with Gasteiger partial charge >= 0.3 is 0 Å². The van der Waals surface area contributed by atoms with Gasteiger partial charge in [-0.25, -0.2) is 9.44 Å². The molecule has 1 aliphatic rings. The summed E-state index contributed by atoms with van der Waals surface area (Å²) in [4.78, 5) is 1.35. The first-order valence-corrected chi connectivity index (χ1v) is 7.49. The summed E-state index contributed by atoms with van der Waals surface area (Å²) in [5.74, 6) is 0. The SMILES string of the molecule is Cn1cc(N(C[C@@H]2CCC[NH+]2C)S(N)(=O)=O)cn1. The van der Waals surface area contributed by atoms with Crippen molar-refractivity contribution in [1.82, 2.24) is 9.78 Å². The van der Waals surface area contributed by atoms with E-state index in [0.717, 1.165) is 19.4 Å². The van der Waals surface area contributed by atoms with E-state index in [2.05, 4.69) is 12.1 Å². The Morgan fingerprint density at radius 3 is 2.83 bits per heavy atom. The summed E-state index contributed by atoms with van der Waals surface area (Å²) in [5.41, 5.74) is 0.528. The molecule has 18 heavy (non-hydrogen) atoms. The number of likely N-dealkylation sites (tertiary alicyclic amines) is 1. The molecular weight excluding hydrogens is 254 g/mol. The van der Waals surface area contributed by atoms with Crippen LogP contribution in [-0.2, 0) is 17.3 Å². The molecule has 1 aromatic heterocycles. The van der Waals surface area contributed by atoms with Crippen LogP contribution in [0.25, 0.3) is 0 Å². The highest BCUT2D eigenvalue weighted by Gasteiger charge is 2.31. The van der Waals surface area contributed by atoms with Crippen molar-refractivity contribution in [3.8, 4) is 0 Å². The monoisotopic (exact) mass is 274 g/mol. The average Bonchev–Trinajstić information content (AvgIpc) is 2.82. The molecule has 1 fully saturated rings. The van der Waals surface area contributed by atoms with Gasteiger partial charge in [-0.3, -0.25) is 4.68 Å². The second kappa shape index (κ2) is 4.87. The van der Waals surface area contributed by atoms with Crippen molar-refractivity contribution in [3.05, 3.63) is 12.4 Å². The molecule has 2 heterocycles.